The number of Topliss-reactive ketones (excluding diaryl/α,β-unsaturated/α-hetero) is 1. The van der Waals surface area contributed by atoms with Gasteiger partial charge in [-0.05, 0) is 37.9 Å². The third-order valence-electron chi connectivity index (χ3n) is 2.63. The Balaban J connectivity index is 0.000000461. The molecule has 0 saturated heterocycles. The Morgan fingerprint density at radius 3 is 2.00 bits per heavy atom. The molecule has 0 aromatic heterocycles. The van der Waals surface area contributed by atoms with E-state index >= 15 is 0 Å². The fraction of sp³-hybridized carbons (Fsp3) is 0.417. The highest BCUT2D eigenvalue weighted by Gasteiger charge is 2.23. The molecule has 14 heavy (non-hydrogen) atoms. The second-order valence-electron chi connectivity index (χ2n) is 3.48. The largest absolute Gasteiger partial charge is 0.333 e. The third-order valence-corrected chi connectivity index (χ3v) is 2.63. The minimum atomic E-state index is 0.252. The molecule has 0 saturated carbocycles. The van der Waals surface area contributed by atoms with Crippen molar-refractivity contribution in [2.24, 2.45) is 11.7 Å². The van der Waals surface area contributed by atoms with E-state index < -0.39 is 0 Å². The summed E-state index contributed by atoms with van der Waals surface area (Å²) in [6, 6.07) is 8.33. The van der Waals surface area contributed by atoms with Crippen molar-refractivity contribution in [3.8, 4) is 0 Å². The van der Waals surface area contributed by atoms with Crippen molar-refractivity contribution in [2.45, 2.75) is 19.8 Å². The van der Waals surface area contributed by atoms with E-state index in [0.717, 1.165) is 12.8 Å². The molecule has 1 aromatic carbocycles. The van der Waals surface area contributed by atoms with Gasteiger partial charge in [-0.25, -0.2) is 0 Å². The molecule has 0 atom stereocenters. The maximum atomic E-state index is 11.1. The van der Waals surface area contributed by atoms with Gasteiger partial charge in [0.25, 0.3) is 0 Å². The Kier molecular flexibility index (Phi) is 3.84. The van der Waals surface area contributed by atoms with Crippen LogP contribution in [0.3, 0.4) is 0 Å². The Morgan fingerprint density at radius 2 is 1.64 bits per heavy atom. The number of ketones is 1. The lowest BCUT2D eigenvalue weighted by molar-refractivity contribution is -0.120. The summed E-state index contributed by atoms with van der Waals surface area (Å²) >= 11 is 0. The molecule has 2 nitrogen and oxygen atoms in total. The number of hydrogen-bond acceptors (Lipinski definition) is 2. The molecule has 2 heteroatoms. The Bertz CT molecular complexity index is 295. The molecule has 2 N–H and O–H groups in total. The van der Waals surface area contributed by atoms with Crippen LogP contribution in [-0.2, 0) is 17.6 Å². The highest BCUT2D eigenvalue weighted by atomic mass is 16.1. The lowest BCUT2D eigenvalue weighted by Gasteiger charge is -2.00. The summed E-state index contributed by atoms with van der Waals surface area (Å²) in [5.41, 5.74) is 7.22. The molecule has 0 fully saturated rings. The van der Waals surface area contributed by atoms with Crippen molar-refractivity contribution >= 4 is 5.78 Å². The molecule has 0 bridgehead atoms. The van der Waals surface area contributed by atoms with Crippen LogP contribution in [0.5, 0.6) is 0 Å². The van der Waals surface area contributed by atoms with Crippen LogP contribution in [0.1, 0.15) is 18.1 Å². The van der Waals surface area contributed by atoms with E-state index in [4.69, 9.17) is 0 Å². The molecule has 1 aromatic rings. The predicted molar refractivity (Wildman–Crippen MR) is 58.1 cm³/mol. The molecular weight excluding hydrogens is 174 g/mol. The van der Waals surface area contributed by atoms with Gasteiger partial charge in [0.2, 0.25) is 0 Å². The smallest absolute Gasteiger partial charge is 0.133 e. The Morgan fingerprint density at radius 1 is 1.21 bits per heavy atom. The minimum absolute atomic E-state index is 0.252. The molecule has 0 aliphatic heterocycles. The van der Waals surface area contributed by atoms with Crippen LogP contribution < -0.4 is 5.73 Å². The van der Waals surface area contributed by atoms with Gasteiger partial charge in [0.15, 0.2) is 0 Å². The zero-order valence-corrected chi connectivity index (χ0v) is 8.79. The number of carbonyl (C=O) groups excluding carboxylic acids is 1. The first-order valence-electron chi connectivity index (χ1n) is 4.92. The predicted octanol–water partition coefficient (Wildman–Crippen LogP) is 1.57. The first kappa shape index (κ1) is 10.9. The van der Waals surface area contributed by atoms with Gasteiger partial charge in [-0.15, -0.1) is 0 Å². The van der Waals surface area contributed by atoms with Gasteiger partial charge >= 0.3 is 0 Å². The number of fused-ring (bicyclic) bond motifs is 1. The molecule has 0 heterocycles. The summed E-state index contributed by atoms with van der Waals surface area (Å²) in [4.78, 5) is 11.1. The maximum Gasteiger partial charge on any atom is 0.133 e. The van der Waals surface area contributed by atoms with E-state index in [0.29, 0.717) is 5.78 Å². The van der Waals surface area contributed by atoms with Crippen molar-refractivity contribution in [1.29, 1.82) is 0 Å². The van der Waals surface area contributed by atoms with Crippen molar-refractivity contribution < 1.29 is 4.79 Å². The van der Waals surface area contributed by atoms with Gasteiger partial charge < -0.3 is 5.73 Å². The van der Waals surface area contributed by atoms with E-state index in [1.165, 1.54) is 18.2 Å². The average Bonchev–Trinajstić information content (AvgIpc) is 2.64. The number of rotatable bonds is 1. The van der Waals surface area contributed by atoms with Crippen LogP contribution >= 0.6 is 0 Å². The first-order valence-corrected chi connectivity index (χ1v) is 4.92. The highest BCUT2D eigenvalue weighted by Crippen LogP contribution is 2.26. The van der Waals surface area contributed by atoms with Crippen molar-refractivity contribution in [1.82, 2.24) is 0 Å². The van der Waals surface area contributed by atoms with Crippen LogP contribution in [-0.4, -0.2) is 12.8 Å². The summed E-state index contributed by atoms with van der Waals surface area (Å²) in [5, 5.41) is 0. The normalized spacial score (nSPS) is 14.2. The standard InChI is InChI=1S/C11H12O.CH5N/c1-8(12)11-6-9-4-2-3-5-10(9)7-11;1-2/h2-5,11H,6-7H2,1H3;2H2,1H3. The molecule has 1 aliphatic rings. The van der Waals surface area contributed by atoms with Crippen LogP contribution in [0.15, 0.2) is 24.3 Å². The van der Waals surface area contributed by atoms with Gasteiger partial charge in [-0.2, -0.15) is 0 Å². The summed E-state index contributed by atoms with van der Waals surface area (Å²) in [6.45, 7) is 1.69. The van der Waals surface area contributed by atoms with Gasteiger partial charge in [-0.1, -0.05) is 24.3 Å². The highest BCUT2D eigenvalue weighted by molar-refractivity contribution is 5.79. The SMILES string of the molecule is CC(=O)C1Cc2ccccc2C1.CN. The molecule has 0 unspecified atom stereocenters. The number of nitrogens with two attached hydrogens (primary N) is 1. The van der Waals surface area contributed by atoms with Crippen molar-refractivity contribution in [2.75, 3.05) is 7.05 Å². The Labute approximate surface area is 85.1 Å². The lowest BCUT2D eigenvalue weighted by atomic mass is 10.0. The quantitative estimate of drug-likeness (QED) is 0.732. The van der Waals surface area contributed by atoms with Crippen LogP contribution in [0.4, 0.5) is 0 Å². The lowest BCUT2D eigenvalue weighted by Crippen LogP contribution is -2.09. The van der Waals surface area contributed by atoms with E-state index in [1.54, 1.807) is 6.92 Å². The zero-order valence-electron chi connectivity index (χ0n) is 8.79. The molecule has 76 valence electrons. The first-order chi connectivity index (χ1) is 6.77. The maximum absolute atomic E-state index is 11.1. The molecule has 0 spiro atoms. The summed E-state index contributed by atoms with van der Waals surface area (Å²) < 4.78 is 0. The molecule has 1 aliphatic carbocycles. The fourth-order valence-electron chi connectivity index (χ4n) is 1.85. The van der Waals surface area contributed by atoms with Crippen LogP contribution in [0.2, 0.25) is 0 Å². The second kappa shape index (κ2) is 4.91. The van der Waals surface area contributed by atoms with E-state index in [1.807, 2.05) is 12.1 Å². The van der Waals surface area contributed by atoms with Gasteiger partial charge in [0.1, 0.15) is 5.78 Å². The fourth-order valence-corrected chi connectivity index (χ4v) is 1.85. The summed E-state index contributed by atoms with van der Waals surface area (Å²) in [7, 11) is 1.50. The van der Waals surface area contributed by atoms with Crippen LogP contribution in [0.25, 0.3) is 0 Å². The van der Waals surface area contributed by atoms with Crippen molar-refractivity contribution in [3.05, 3.63) is 35.4 Å². The van der Waals surface area contributed by atoms with Gasteiger partial charge in [0, 0.05) is 5.92 Å². The summed E-state index contributed by atoms with van der Waals surface area (Å²) in [5.74, 6) is 0.577. The molecule has 2 rings (SSSR count). The summed E-state index contributed by atoms with van der Waals surface area (Å²) in [6.07, 6.45) is 1.90. The second-order valence-corrected chi connectivity index (χ2v) is 3.48. The third kappa shape index (κ3) is 2.20. The topological polar surface area (TPSA) is 43.1 Å². The number of benzene rings is 1. The van der Waals surface area contributed by atoms with E-state index in [-0.39, 0.29) is 5.92 Å². The molecular formula is C12H17NO. The monoisotopic (exact) mass is 191 g/mol. The molecule has 0 radical (unpaired) electrons. The number of hydrogen-bond donors (Lipinski definition) is 1. The van der Waals surface area contributed by atoms with Crippen LogP contribution in [0, 0.1) is 5.92 Å². The Hall–Kier alpha value is -1.15. The zero-order chi connectivity index (χ0) is 10.6. The van der Waals surface area contributed by atoms with E-state index in [9.17, 15) is 4.79 Å². The van der Waals surface area contributed by atoms with Gasteiger partial charge in [-0.3, -0.25) is 4.79 Å². The number of carbonyl (C=O) groups is 1. The minimum Gasteiger partial charge on any atom is -0.333 e. The average molecular weight is 191 g/mol. The molecule has 0 amide bonds. The van der Waals surface area contributed by atoms with Crippen molar-refractivity contribution in [3.63, 3.8) is 0 Å². The van der Waals surface area contributed by atoms with E-state index in [2.05, 4.69) is 17.9 Å². The van der Waals surface area contributed by atoms with Gasteiger partial charge in [0.05, 0.1) is 0 Å².